The van der Waals surface area contributed by atoms with E-state index in [1.165, 1.54) is 0 Å². The van der Waals surface area contributed by atoms with Gasteiger partial charge in [-0.2, -0.15) is 5.10 Å². The standard InChI is InChI=1S/C16H27N5O3S/c1-12-13(8-17-20(12)2)9-21-10-14(19-25(3,23)24)15(22)18-16(11-21)6-4-5-7-16/h8,14,19H,4-7,9-11H2,1-3H3,(H,18,22). The van der Waals surface area contributed by atoms with E-state index in [9.17, 15) is 13.2 Å². The largest absolute Gasteiger partial charge is 0.348 e. The molecule has 1 spiro atoms. The van der Waals surface area contributed by atoms with E-state index >= 15 is 0 Å². The van der Waals surface area contributed by atoms with Crippen molar-refractivity contribution in [3.63, 3.8) is 0 Å². The Kier molecular flexibility index (Phi) is 4.91. The third-order valence-corrected chi connectivity index (χ3v) is 6.03. The Labute approximate surface area is 149 Å². The molecule has 0 radical (unpaired) electrons. The summed E-state index contributed by atoms with van der Waals surface area (Å²) in [7, 11) is -1.56. The minimum Gasteiger partial charge on any atom is -0.348 e. The van der Waals surface area contributed by atoms with E-state index < -0.39 is 16.1 Å². The van der Waals surface area contributed by atoms with Gasteiger partial charge in [-0.05, 0) is 19.8 Å². The zero-order valence-electron chi connectivity index (χ0n) is 15.1. The molecule has 1 atom stereocenters. The van der Waals surface area contributed by atoms with E-state index in [2.05, 4.69) is 20.0 Å². The van der Waals surface area contributed by atoms with Gasteiger partial charge in [0.15, 0.2) is 0 Å². The van der Waals surface area contributed by atoms with Crippen LogP contribution in [0.3, 0.4) is 0 Å². The summed E-state index contributed by atoms with van der Waals surface area (Å²) in [6, 6.07) is -0.771. The van der Waals surface area contributed by atoms with Crippen molar-refractivity contribution in [1.29, 1.82) is 0 Å². The average Bonchev–Trinajstić information content (AvgIpc) is 3.03. The average molecular weight is 369 g/mol. The summed E-state index contributed by atoms with van der Waals surface area (Å²) in [5.74, 6) is -0.224. The van der Waals surface area contributed by atoms with Crippen LogP contribution < -0.4 is 10.0 Å². The van der Waals surface area contributed by atoms with Crippen LogP contribution in [-0.2, 0) is 28.4 Å². The predicted molar refractivity (Wildman–Crippen MR) is 94.3 cm³/mol. The van der Waals surface area contributed by atoms with Gasteiger partial charge in [0.2, 0.25) is 15.9 Å². The molecular weight excluding hydrogens is 342 g/mol. The van der Waals surface area contributed by atoms with Gasteiger partial charge >= 0.3 is 0 Å². The van der Waals surface area contributed by atoms with Gasteiger partial charge in [-0.15, -0.1) is 0 Å². The van der Waals surface area contributed by atoms with Crippen LogP contribution in [0.15, 0.2) is 6.20 Å². The second-order valence-electron chi connectivity index (χ2n) is 7.47. The Hall–Kier alpha value is -1.45. The fraction of sp³-hybridized carbons (Fsp3) is 0.750. The summed E-state index contributed by atoms with van der Waals surface area (Å²) in [5, 5.41) is 7.42. The summed E-state index contributed by atoms with van der Waals surface area (Å²) in [4.78, 5) is 14.8. The van der Waals surface area contributed by atoms with Crippen molar-refractivity contribution >= 4 is 15.9 Å². The Morgan fingerprint density at radius 3 is 2.64 bits per heavy atom. The van der Waals surface area contributed by atoms with Crippen LogP contribution in [0.1, 0.15) is 36.9 Å². The molecule has 2 aliphatic rings. The highest BCUT2D eigenvalue weighted by Gasteiger charge is 2.42. The number of amides is 1. The fourth-order valence-electron chi connectivity index (χ4n) is 3.97. The molecule has 2 N–H and O–H groups in total. The highest BCUT2D eigenvalue weighted by molar-refractivity contribution is 7.88. The first-order valence-corrected chi connectivity index (χ1v) is 10.6. The third kappa shape index (κ3) is 4.21. The molecule has 1 aliphatic heterocycles. The molecule has 1 aromatic rings. The van der Waals surface area contributed by atoms with Crippen molar-refractivity contribution in [3.05, 3.63) is 17.5 Å². The van der Waals surface area contributed by atoms with Crippen molar-refractivity contribution in [3.8, 4) is 0 Å². The van der Waals surface area contributed by atoms with Gasteiger partial charge in [-0.25, -0.2) is 13.1 Å². The van der Waals surface area contributed by atoms with E-state index in [0.717, 1.165) is 49.7 Å². The van der Waals surface area contributed by atoms with Crippen LogP contribution >= 0.6 is 0 Å². The number of rotatable bonds is 4. The van der Waals surface area contributed by atoms with Gasteiger partial charge in [-0.3, -0.25) is 14.4 Å². The first-order chi connectivity index (χ1) is 11.7. The lowest BCUT2D eigenvalue weighted by Crippen LogP contribution is -2.54. The van der Waals surface area contributed by atoms with E-state index in [0.29, 0.717) is 13.1 Å². The van der Waals surface area contributed by atoms with Crippen LogP contribution in [-0.4, -0.2) is 59.9 Å². The van der Waals surface area contributed by atoms with Gasteiger partial charge < -0.3 is 5.32 Å². The SMILES string of the molecule is Cc1c(CN2CC(NS(C)(=O)=O)C(=O)NC3(CCCC3)C2)cnn1C. The van der Waals surface area contributed by atoms with Crippen molar-refractivity contribution < 1.29 is 13.2 Å². The highest BCUT2D eigenvalue weighted by Crippen LogP contribution is 2.32. The zero-order valence-corrected chi connectivity index (χ0v) is 15.9. The molecule has 1 aromatic heterocycles. The molecule has 1 unspecified atom stereocenters. The van der Waals surface area contributed by atoms with Gasteiger partial charge in [0.1, 0.15) is 6.04 Å². The van der Waals surface area contributed by atoms with Crippen molar-refractivity contribution in [2.75, 3.05) is 19.3 Å². The number of hydrogen-bond donors (Lipinski definition) is 2. The normalized spacial score (nSPS) is 24.4. The Morgan fingerprint density at radius 2 is 2.08 bits per heavy atom. The first-order valence-electron chi connectivity index (χ1n) is 8.67. The maximum absolute atomic E-state index is 12.6. The van der Waals surface area contributed by atoms with E-state index in [1.54, 1.807) is 0 Å². The number of carbonyl (C=O) groups excluding carboxylic acids is 1. The lowest BCUT2D eigenvalue weighted by molar-refractivity contribution is -0.123. The predicted octanol–water partition coefficient (Wildman–Crippen LogP) is -0.109. The molecule has 1 saturated heterocycles. The molecule has 25 heavy (non-hydrogen) atoms. The number of aromatic nitrogens is 2. The Bertz CT molecular complexity index is 752. The second-order valence-corrected chi connectivity index (χ2v) is 9.25. The Morgan fingerprint density at radius 1 is 1.40 bits per heavy atom. The van der Waals surface area contributed by atoms with Gasteiger partial charge in [0.05, 0.1) is 18.0 Å². The minimum absolute atomic E-state index is 0.224. The van der Waals surface area contributed by atoms with Crippen LogP contribution in [0.5, 0.6) is 0 Å². The summed E-state index contributed by atoms with van der Waals surface area (Å²) in [6.07, 6.45) is 6.98. The van der Waals surface area contributed by atoms with Gasteiger partial charge in [0.25, 0.3) is 0 Å². The van der Waals surface area contributed by atoms with Gasteiger partial charge in [0, 0.05) is 37.9 Å². The monoisotopic (exact) mass is 369 g/mol. The lowest BCUT2D eigenvalue weighted by Gasteiger charge is -2.32. The molecule has 2 heterocycles. The smallest absolute Gasteiger partial charge is 0.239 e. The molecule has 1 saturated carbocycles. The van der Waals surface area contributed by atoms with Crippen LogP contribution in [0, 0.1) is 6.92 Å². The number of nitrogens with zero attached hydrogens (tertiary/aromatic N) is 3. The lowest BCUT2D eigenvalue weighted by atomic mass is 9.97. The van der Waals surface area contributed by atoms with E-state index in [-0.39, 0.29) is 11.4 Å². The van der Waals surface area contributed by atoms with Crippen molar-refractivity contribution in [2.45, 2.75) is 50.7 Å². The van der Waals surface area contributed by atoms with Crippen LogP contribution in [0.4, 0.5) is 0 Å². The maximum atomic E-state index is 12.6. The highest BCUT2D eigenvalue weighted by atomic mass is 32.2. The topological polar surface area (TPSA) is 96.3 Å². The van der Waals surface area contributed by atoms with Crippen molar-refractivity contribution in [1.82, 2.24) is 24.7 Å². The molecule has 140 valence electrons. The molecule has 3 rings (SSSR count). The number of nitrogens with one attached hydrogen (secondary N) is 2. The molecule has 8 nitrogen and oxygen atoms in total. The molecule has 2 fully saturated rings. The van der Waals surface area contributed by atoms with E-state index in [4.69, 9.17) is 0 Å². The first kappa shape index (κ1) is 18.3. The summed E-state index contributed by atoms with van der Waals surface area (Å²) >= 11 is 0. The van der Waals surface area contributed by atoms with Crippen LogP contribution in [0.2, 0.25) is 0 Å². The fourth-order valence-corrected chi connectivity index (χ4v) is 4.66. The number of carbonyl (C=O) groups is 1. The quantitative estimate of drug-likeness (QED) is 0.772. The van der Waals surface area contributed by atoms with Crippen LogP contribution in [0.25, 0.3) is 0 Å². The number of hydrogen-bond acceptors (Lipinski definition) is 5. The minimum atomic E-state index is -3.46. The summed E-state index contributed by atoms with van der Waals surface area (Å²) < 4.78 is 27.7. The molecular formula is C16H27N5O3S. The Balaban J connectivity index is 1.85. The summed E-state index contributed by atoms with van der Waals surface area (Å²) in [6.45, 7) is 3.75. The molecule has 0 bridgehead atoms. The van der Waals surface area contributed by atoms with Crippen molar-refractivity contribution in [2.24, 2.45) is 7.05 Å². The second kappa shape index (κ2) is 6.69. The maximum Gasteiger partial charge on any atom is 0.239 e. The third-order valence-electron chi connectivity index (χ3n) is 5.32. The number of sulfonamides is 1. The molecule has 0 aromatic carbocycles. The van der Waals surface area contributed by atoms with Gasteiger partial charge in [-0.1, -0.05) is 12.8 Å². The molecule has 1 aliphatic carbocycles. The molecule has 1 amide bonds. The summed E-state index contributed by atoms with van der Waals surface area (Å²) in [5.41, 5.74) is 1.93. The van der Waals surface area contributed by atoms with E-state index in [1.807, 2.05) is 24.9 Å². The molecule has 9 heteroatoms. The zero-order chi connectivity index (χ0) is 18.2. The number of aryl methyl sites for hydroxylation is 1.